The Kier molecular flexibility index (Phi) is 3.50. The number of carboxylic acid groups (broad SMARTS) is 1. The number of rotatable bonds is 3. The fraction of sp³-hybridized carbons (Fsp3) is 0.917. The van der Waals surface area contributed by atoms with Crippen molar-refractivity contribution in [3.8, 4) is 0 Å². The van der Waals surface area contributed by atoms with Crippen molar-refractivity contribution in [2.24, 2.45) is 0 Å². The van der Waals surface area contributed by atoms with E-state index in [1.165, 1.54) is 12.8 Å². The van der Waals surface area contributed by atoms with Gasteiger partial charge >= 0.3 is 5.97 Å². The van der Waals surface area contributed by atoms with Crippen LogP contribution in [0, 0.1) is 0 Å². The van der Waals surface area contributed by atoms with Crippen LogP contribution in [-0.2, 0) is 4.79 Å². The van der Waals surface area contributed by atoms with Gasteiger partial charge in [0.2, 0.25) is 0 Å². The number of hydrogen-bond acceptors (Lipinski definition) is 3. The lowest BCUT2D eigenvalue weighted by molar-refractivity contribution is -0.145. The Labute approximate surface area is 97.0 Å². The van der Waals surface area contributed by atoms with E-state index in [0.29, 0.717) is 6.04 Å². The van der Waals surface area contributed by atoms with Gasteiger partial charge in [-0.2, -0.15) is 0 Å². The summed E-state index contributed by atoms with van der Waals surface area (Å²) in [5.74, 6) is -0.663. The maximum absolute atomic E-state index is 11.4. The molecule has 2 unspecified atom stereocenters. The molecule has 0 aromatic heterocycles. The van der Waals surface area contributed by atoms with Crippen LogP contribution < -0.4 is 5.32 Å². The van der Waals surface area contributed by atoms with Gasteiger partial charge < -0.3 is 15.3 Å². The second kappa shape index (κ2) is 4.72. The predicted octanol–water partition coefficient (Wildman–Crippen LogP) is 1.07. The molecular formula is C12H22N2O2. The molecule has 0 bridgehead atoms. The topological polar surface area (TPSA) is 52.6 Å². The first-order valence-corrected chi connectivity index (χ1v) is 6.33. The van der Waals surface area contributed by atoms with Gasteiger partial charge in [0.05, 0.1) is 0 Å². The average molecular weight is 226 g/mol. The first kappa shape index (κ1) is 11.9. The largest absolute Gasteiger partial charge is 0.480 e. The molecule has 0 aromatic rings. The summed E-state index contributed by atoms with van der Waals surface area (Å²) < 4.78 is 0. The van der Waals surface area contributed by atoms with Crippen LogP contribution in [0.1, 0.15) is 38.5 Å². The molecule has 0 radical (unpaired) electrons. The Hall–Kier alpha value is -0.610. The van der Waals surface area contributed by atoms with Gasteiger partial charge in [-0.25, -0.2) is 0 Å². The first-order chi connectivity index (χ1) is 7.64. The number of hydrogen-bond donors (Lipinski definition) is 2. The SMILES string of the molecule is CN1CCCCC1CC1(C(=O)O)CCCN1. The molecule has 0 saturated carbocycles. The van der Waals surface area contributed by atoms with Gasteiger partial charge in [0, 0.05) is 6.04 Å². The highest BCUT2D eigenvalue weighted by Gasteiger charge is 2.43. The van der Waals surface area contributed by atoms with Crippen LogP contribution in [0.4, 0.5) is 0 Å². The summed E-state index contributed by atoms with van der Waals surface area (Å²) in [4.78, 5) is 13.8. The number of nitrogens with one attached hydrogen (secondary N) is 1. The Bertz CT molecular complexity index is 262. The van der Waals surface area contributed by atoms with E-state index in [9.17, 15) is 9.90 Å². The predicted molar refractivity (Wildman–Crippen MR) is 62.5 cm³/mol. The van der Waals surface area contributed by atoms with E-state index < -0.39 is 11.5 Å². The quantitative estimate of drug-likeness (QED) is 0.756. The van der Waals surface area contributed by atoms with E-state index in [2.05, 4.69) is 17.3 Å². The Balaban J connectivity index is 2.02. The second-order valence-corrected chi connectivity index (χ2v) is 5.25. The van der Waals surface area contributed by atoms with E-state index in [0.717, 1.165) is 38.8 Å². The molecule has 4 nitrogen and oxygen atoms in total. The molecule has 2 heterocycles. The molecular weight excluding hydrogens is 204 g/mol. The standard InChI is InChI=1S/C12H22N2O2/c1-14-8-3-2-5-10(14)9-12(11(15)16)6-4-7-13-12/h10,13H,2-9H2,1H3,(H,15,16). The van der Waals surface area contributed by atoms with Crippen molar-refractivity contribution in [1.29, 1.82) is 0 Å². The van der Waals surface area contributed by atoms with E-state index in [1.54, 1.807) is 0 Å². The van der Waals surface area contributed by atoms with E-state index in [-0.39, 0.29) is 0 Å². The smallest absolute Gasteiger partial charge is 0.323 e. The van der Waals surface area contributed by atoms with Crippen LogP contribution in [-0.4, -0.2) is 47.7 Å². The highest BCUT2D eigenvalue weighted by atomic mass is 16.4. The minimum Gasteiger partial charge on any atom is -0.480 e. The van der Waals surface area contributed by atoms with Crippen molar-refractivity contribution in [2.45, 2.75) is 50.1 Å². The molecule has 0 amide bonds. The third kappa shape index (κ3) is 2.23. The summed E-state index contributed by atoms with van der Waals surface area (Å²) in [7, 11) is 2.12. The summed E-state index contributed by atoms with van der Waals surface area (Å²) in [5.41, 5.74) is -0.643. The lowest BCUT2D eigenvalue weighted by Gasteiger charge is -2.37. The molecule has 0 spiro atoms. The molecule has 16 heavy (non-hydrogen) atoms. The fourth-order valence-corrected chi connectivity index (χ4v) is 3.05. The zero-order valence-electron chi connectivity index (χ0n) is 10.0. The van der Waals surface area contributed by atoms with Gasteiger partial charge in [-0.15, -0.1) is 0 Å². The number of nitrogens with zero attached hydrogens (tertiary/aromatic N) is 1. The number of aliphatic carboxylic acids is 1. The molecule has 0 aromatic carbocycles. The zero-order chi connectivity index (χ0) is 11.6. The molecule has 2 atom stereocenters. The lowest BCUT2D eigenvalue weighted by Crippen LogP contribution is -2.53. The molecule has 2 fully saturated rings. The van der Waals surface area contributed by atoms with Crippen molar-refractivity contribution in [3.63, 3.8) is 0 Å². The highest BCUT2D eigenvalue weighted by Crippen LogP contribution is 2.30. The fourth-order valence-electron chi connectivity index (χ4n) is 3.05. The second-order valence-electron chi connectivity index (χ2n) is 5.25. The number of likely N-dealkylation sites (tertiary alicyclic amines) is 1. The normalized spacial score (nSPS) is 36.4. The molecule has 2 N–H and O–H groups in total. The van der Waals surface area contributed by atoms with E-state index in [1.807, 2.05) is 0 Å². The van der Waals surface area contributed by atoms with Gasteiger partial charge in [0.25, 0.3) is 0 Å². The summed E-state index contributed by atoms with van der Waals surface area (Å²) in [6, 6.07) is 0.440. The van der Waals surface area contributed by atoms with E-state index >= 15 is 0 Å². The van der Waals surface area contributed by atoms with Crippen molar-refractivity contribution < 1.29 is 9.90 Å². The van der Waals surface area contributed by atoms with Gasteiger partial charge in [-0.3, -0.25) is 4.79 Å². The molecule has 2 rings (SSSR count). The summed E-state index contributed by atoms with van der Waals surface area (Å²) in [6.07, 6.45) is 6.17. The minimum atomic E-state index is -0.663. The molecule has 0 aliphatic carbocycles. The Morgan fingerprint density at radius 3 is 2.88 bits per heavy atom. The van der Waals surface area contributed by atoms with Crippen LogP contribution in [0.5, 0.6) is 0 Å². The number of carbonyl (C=O) groups is 1. The molecule has 2 aliphatic heterocycles. The van der Waals surface area contributed by atoms with Gasteiger partial charge in [-0.1, -0.05) is 6.42 Å². The molecule has 2 saturated heterocycles. The van der Waals surface area contributed by atoms with Gasteiger partial charge in [-0.05, 0) is 52.2 Å². The van der Waals surface area contributed by atoms with Crippen LogP contribution >= 0.6 is 0 Å². The molecule has 4 heteroatoms. The lowest BCUT2D eigenvalue weighted by atomic mass is 9.85. The van der Waals surface area contributed by atoms with Crippen LogP contribution in [0.25, 0.3) is 0 Å². The third-order valence-electron chi connectivity index (χ3n) is 4.16. The van der Waals surface area contributed by atoms with Crippen molar-refractivity contribution in [1.82, 2.24) is 10.2 Å². The maximum atomic E-state index is 11.4. The van der Waals surface area contributed by atoms with Gasteiger partial charge in [0.15, 0.2) is 0 Å². The number of carboxylic acids is 1. The minimum absolute atomic E-state index is 0.440. The zero-order valence-corrected chi connectivity index (χ0v) is 10.0. The van der Waals surface area contributed by atoms with Crippen molar-refractivity contribution in [2.75, 3.05) is 20.1 Å². The van der Waals surface area contributed by atoms with Crippen LogP contribution in [0.15, 0.2) is 0 Å². The highest BCUT2D eigenvalue weighted by molar-refractivity contribution is 5.79. The Morgan fingerprint density at radius 1 is 1.50 bits per heavy atom. The molecule has 2 aliphatic rings. The summed E-state index contributed by atoms with van der Waals surface area (Å²) in [6.45, 7) is 1.96. The van der Waals surface area contributed by atoms with Gasteiger partial charge in [0.1, 0.15) is 5.54 Å². The monoisotopic (exact) mass is 226 g/mol. The first-order valence-electron chi connectivity index (χ1n) is 6.33. The summed E-state index contributed by atoms with van der Waals surface area (Å²) in [5, 5.41) is 12.6. The van der Waals surface area contributed by atoms with Crippen LogP contribution in [0.3, 0.4) is 0 Å². The summed E-state index contributed by atoms with van der Waals surface area (Å²) >= 11 is 0. The Morgan fingerprint density at radius 2 is 2.31 bits per heavy atom. The maximum Gasteiger partial charge on any atom is 0.323 e. The third-order valence-corrected chi connectivity index (χ3v) is 4.16. The molecule has 92 valence electrons. The van der Waals surface area contributed by atoms with Crippen molar-refractivity contribution >= 4 is 5.97 Å². The van der Waals surface area contributed by atoms with E-state index in [4.69, 9.17) is 0 Å². The van der Waals surface area contributed by atoms with Crippen molar-refractivity contribution in [3.05, 3.63) is 0 Å². The average Bonchev–Trinajstić information content (AvgIpc) is 2.71. The number of piperidine rings is 1. The van der Waals surface area contributed by atoms with Crippen LogP contribution in [0.2, 0.25) is 0 Å².